The van der Waals surface area contributed by atoms with Gasteiger partial charge in [0.25, 0.3) is 0 Å². The minimum atomic E-state index is -1.31. The number of rotatable bonds is 4. The predicted molar refractivity (Wildman–Crippen MR) is 97.2 cm³/mol. The zero-order valence-electron chi connectivity index (χ0n) is 14.1. The Bertz CT molecular complexity index is 559. The average Bonchev–Trinajstić information content (AvgIpc) is 2.46. The van der Waals surface area contributed by atoms with Crippen LogP contribution in [0.4, 0.5) is 0 Å². The van der Waals surface area contributed by atoms with Crippen LogP contribution in [0.2, 0.25) is 19.1 Å². The summed E-state index contributed by atoms with van der Waals surface area (Å²) in [4.78, 5) is 0. The van der Waals surface area contributed by atoms with Crippen LogP contribution in [-0.4, -0.2) is 8.07 Å². The molecule has 0 radical (unpaired) electrons. The first-order chi connectivity index (χ1) is 9.79. The van der Waals surface area contributed by atoms with E-state index in [-0.39, 0.29) is 5.41 Å². The van der Waals surface area contributed by atoms with E-state index in [4.69, 9.17) is 0 Å². The van der Waals surface area contributed by atoms with Crippen molar-refractivity contribution in [2.24, 2.45) is 0 Å². The summed E-state index contributed by atoms with van der Waals surface area (Å²) in [6.07, 6.45) is 1.19. The number of hydrogen-bond donors (Lipinski definition) is 0. The van der Waals surface area contributed by atoms with Gasteiger partial charge in [0.1, 0.15) is 0 Å². The van der Waals surface area contributed by atoms with Gasteiger partial charge in [-0.15, -0.1) is 0 Å². The summed E-state index contributed by atoms with van der Waals surface area (Å²) in [5.41, 5.74) is 3.14. The molecule has 2 aromatic rings. The Kier molecular flexibility index (Phi) is 4.73. The van der Waals surface area contributed by atoms with Crippen molar-refractivity contribution in [3.63, 3.8) is 0 Å². The Morgan fingerprint density at radius 1 is 0.810 bits per heavy atom. The Balaban J connectivity index is 2.03. The van der Waals surface area contributed by atoms with Crippen LogP contribution in [0.1, 0.15) is 31.9 Å². The molecule has 0 spiro atoms. The molecule has 21 heavy (non-hydrogen) atoms. The van der Waals surface area contributed by atoms with Gasteiger partial charge < -0.3 is 0 Å². The van der Waals surface area contributed by atoms with Gasteiger partial charge in [0.15, 0.2) is 0 Å². The van der Waals surface area contributed by atoms with E-state index in [2.05, 4.69) is 88.5 Å². The first kappa shape index (κ1) is 16.0. The molecule has 0 aliphatic carbocycles. The molecule has 0 atom stereocenters. The molecule has 0 bridgehead atoms. The van der Waals surface area contributed by atoms with E-state index in [1.54, 1.807) is 5.19 Å². The molecule has 0 fully saturated rings. The maximum atomic E-state index is 2.48. The minimum absolute atomic E-state index is 0.247. The summed E-state index contributed by atoms with van der Waals surface area (Å²) < 4.78 is 0. The summed E-state index contributed by atoms with van der Waals surface area (Å²) in [6, 6.07) is 21.6. The van der Waals surface area contributed by atoms with Crippen LogP contribution < -0.4 is 5.19 Å². The largest absolute Gasteiger partial charge is 0.0809 e. The molecule has 0 saturated carbocycles. The second-order valence-corrected chi connectivity index (χ2v) is 12.5. The number of benzene rings is 2. The van der Waals surface area contributed by atoms with Gasteiger partial charge in [-0.2, -0.15) is 0 Å². The third kappa shape index (κ3) is 4.31. The summed E-state index contributed by atoms with van der Waals surface area (Å²) in [5, 5.41) is 1.57. The van der Waals surface area contributed by atoms with Gasteiger partial charge in [-0.25, -0.2) is 0 Å². The highest BCUT2D eigenvalue weighted by molar-refractivity contribution is 6.89. The van der Waals surface area contributed by atoms with Gasteiger partial charge in [0, 0.05) is 0 Å². The quantitative estimate of drug-likeness (QED) is 0.685. The Morgan fingerprint density at radius 3 is 1.90 bits per heavy atom. The van der Waals surface area contributed by atoms with Crippen LogP contribution in [0.25, 0.3) is 0 Å². The van der Waals surface area contributed by atoms with Crippen molar-refractivity contribution in [2.75, 3.05) is 0 Å². The summed E-state index contributed by atoms with van der Waals surface area (Å²) in [5.74, 6) is 0. The lowest BCUT2D eigenvalue weighted by molar-refractivity contribution is 0.590. The zero-order valence-corrected chi connectivity index (χ0v) is 15.1. The fourth-order valence-electron chi connectivity index (χ4n) is 2.66. The summed E-state index contributed by atoms with van der Waals surface area (Å²) in [7, 11) is -1.31. The lowest BCUT2D eigenvalue weighted by Gasteiger charge is -2.23. The van der Waals surface area contributed by atoms with Gasteiger partial charge in [-0.3, -0.25) is 0 Å². The Labute approximate surface area is 131 Å². The Hall–Kier alpha value is -1.34. The fourth-order valence-corrected chi connectivity index (χ4v) is 4.96. The van der Waals surface area contributed by atoms with Crippen molar-refractivity contribution in [1.29, 1.82) is 0 Å². The third-order valence-electron chi connectivity index (χ3n) is 4.41. The summed E-state index contributed by atoms with van der Waals surface area (Å²) >= 11 is 0. The summed E-state index contributed by atoms with van der Waals surface area (Å²) in [6.45, 7) is 11.8. The van der Waals surface area contributed by atoms with E-state index < -0.39 is 8.07 Å². The Morgan fingerprint density at radius 2 is 1.38 bits per heavy atom. The molecule has 2 rings (SSSR count). The molecule has 0 heterocycles. The molecule has 0 saturated heterocycles. The van der Waals surface area contributed by atoms with Crippen molar-refractivity contribution in [1.82, 2.24) is 0 Å². The second-order valence-electron chi connectivity index (χ2n) is 7.70. The molecule has 2 aromatic carbocycles. The van der Waals surface area contributed by atoms with Crippen LogP contribution in [-0.2, 0) is 11.8 Å². The van der Waals surface area contributed by atoms with Crippen LogP contribution >= 0.6 is 0 Å². The van der Waals surface area contributed by atoms with Gasteiger partial charge in [-0.1, -0.05) is 93.6 Å². The van der Waals surface area contributed by atoms with E-state index in [9.17, 15) is 0 Å². The van der Waals surface area contributed by atoms with Gasteiger partial charge in [0.05, 0.1) is 8.07 Å². The maximum Gasteiger partial charge on any atom is 0.0809 e. The van der Waals surface area contributed by atoms with Gasteiger partial charge >= 0.3 is 0 Å². The highest BCUT2D eigenvalue weighted by Gasteiger charge is 2.22. The molecule has 0 nitrogen and oxygen atoms in total. The van der Waals surface area contributed by atoms with Crippen LogP contribution in [0, 0.1) is 0 Å². The van der Waals surface area contributed by atoms with E-state index in [1.165, 1.54) is 23.6 Å². The maximum absolute atomic E-state index is 2.48. The van der Waals surface area contributed by atoms with Crippen molar-refractivity contribution in [3.8, 4) is 0 Å². The minimum Gasteiger partial charge on any atom is -0.0654 e. The highest BCUT2D eigenvalue weighted by Crippen LogP contribution is 2.23. The monoisotopic (exact) mass is 296 g/mol. The molecule has 0 aromatic heterocycles. The SMILES string of the molecule is CC(C)(C)c1ccc(CC[Si](C)(C)c2ccccc2)cc1. The molecule has 1 heteroatoms. The standard InChI is InChI=1S/C20H28Si/c1-20(2,3)18-13-11-17(12-14-18)15-16-21(4,5)19-9-7-6-8-10-19/h6-14H,15-16H2,1-5H3. The fraction of sp³-hybridized carbons (Fsp3) is 0.400. The van der Waals surface area contributed by atoms with Crippen LogP contribution in [0.15, 0.2) is 54.6 Å². The van der Waals surface area contributed by atoms with Crippen molar-refractivity contribution >= 4 is 13.3 Å². The molecule has 0 amide bonds. The van der Waals surface area contributed by atoms with Crippen molar-refractivity contribution < 1.29 is 0 Å². The molecule has 112 valence electrons. The van der Waals surface area contributed by atoms with Crippen molar-refractivity contribution in [3.05, 3.63) is 65.7 Å². The number of hydrogen-bond acceptors (Lipinski definition) is 0. The van der Waals surface area contributed by atoms with Gasteiger partial charge in [0.2, 0.25) is 0 Å². The van der Waals surface area contributed by atoms with E-state index in [0.717, 1.165) is 0 Å². The first-order valence-electron chi connectivity index (χ1n) is 7.94. The van der Waals surface area contributed by atoms with Gasteiger partial charge in [-0.05, 0) is 29.0 Å². The second kappa shape index (κ2) is 6.19. The van der Waals surface area contributed by atoms with E-state index >= 15 is 0 Å². The number of aryl methyl sites for hydroxylation is 1. The molecule has 0 aliphatic rings. The molecular weight excluding hydrogens is 268 g/mol. The molecule has 0 unspecified atom stereocenters. The highest BCUT2D eigenvalue weighted by atomic mass is 28.3. The lowest BCUT2D eigenvalue weighted by Crippen LogP contribution is -2.41. The molecule has 0 N–H and O–H groups in total. The normalized spacial score (nSPS) is 12.4. The topological polar surface area (TPSA) is 0 Å². The van der Waals surface area contributed by atoms with E-state index in [0.29, 0.717) is 0 Å². The molecule has 0 aliphatic heterocycles. The van der Waals surface area contributed by atoms with Crippen LogP contribution in [0.3, 0.4) is 0 Å². The zero-order chi connectivity index (χ0) is 15.5. The van der Waals surface area contributed by atoms with Crippen molar-refractivity contribution in [2.45, 2.75) is 51.7 Å². The average molecular weight is 297 g/mol. The van der Waals surface area contributed by atoms with E-state index in [1.807, 2.05) is 0 Å². The van der Waals surface area contributed by atoms with Crippen LogP contribution in [0.5, 0.6) is 0 Å². The third-order valence-corrected chi connectivity index (χ3v) is 7.81. The molecular formula is C20H28Si. The lowest BCUT2D eigenvalue weighted by atomic mass is 9.86. The smallest absolute Gasteiger partial charge is 0.0654 e. The predicted octanol–water partition coefficient (Wildman–Crippen LogP) is 5.14. The first-order valence-corrected chi connectivity index (χ1v) is 11.1.